The quantitative estimate of drug-likeness (QED) is 0.0651. The molecule has 1 aromatic heterocycles. The maximum atomic E-state index is 13.3. The van der Waals surface area contributed by atoms with Gasteiger partial charge in [-0.25, -0.2) is 13.2 Å². The molecule has 1 heterocycles. The number of benzene rings is 2. The number of amides is 2. The number of halogens is 4. The minimum absolute atomic E-state index is 0.0311. The molecule has 3 N–H and O–H groups in total. The average molecular weight is 778 g/mol. The van der Waals surface area contributed by atoms with Gasteiger partial charge in [-0.3, -0.25) is 4.79 Å². The Kier molecular flexibility index (Phi) is 14.3. The summed E-state index contributed by atoms with van der Waals surface area (Å²) in [4.78, 5) is 25.2. The molecule has 278 valence electrons. The molecule has 19 heteroatoms. The number of urea groups is 1. The van der Waals surface area contributed by atoms with Crippen molar-refractivity contribution in [3.63, 3.8) is 0 Å². The van der Waals surface area contributed by atoms with Crippen LogP contribution in [0.5, 0.6) is 17.2 Å². The predicted molar refractivity (Wildman–Crippen MR) is 181 cm³/mol. The van der Waals surface area contributed by atoms with E-state index < -0.39 is 41.3 Å². The van der Waals surface area contributed by atoms with Gasteiger partial charge in [0.15, 0.2) is 23.9 Å². The molecule has 4 rings (SSSR count). The molecule has 0 unspecified atom stereocenters. The van der Waals surface area contributed by atoms with Gasteiger partial charge in [0.2, 0.25) is 10.0 Å². The number of nitrogens with zero attached hydrogens (tertiary/aromatic N) is 1. The van der Waals surface area contributed by atoms with E-state index in [1.165, 1.54) is 37.4 Å². The lowest BCUT2D eigenvalue weighted by molar-refractivity contribution is -0.605. The average Bonchev–Trinajstić information content (AvgIpc) is 3.90. The van der Waals surface area contributed by atoms with E-state index in [-0.39, 0.29) is 87.7 Å². The predicted octanol–water partition coefficient (Wildman–Crippen LogP) is 4.99. The zero-order valence-electron chi connectivity index (χ0n) is 27.5. The molecule has 2 aromatic carbocycles. The van der Waals surface area contributed by atoms with Gasteiger partial charge in [-0.2, -0.15) is 18.2 Å². The summed E-state index contributed by atoms with van der Waals surface area (Å²) in [7, 11) is -2.90. The number of alkyl halides is 2. The molecule has 0 saturated heterocycles. The molecule has 1 aliphatic carbocycles. The fourth-order valence-electron chi connectivity index (χ4n) is 4.59. The highest BCUT2D eigenvalue weighted by atomic mass is 35.5. The fourth-order valence-corrected chi connectivity index (χ4v) is 6.18. The van der Waals surface area contributed by atoms with E-state index in [1.54, 1.807) is 6.92 Å². The van der Waals surface area contributed by atoms with Crippen molar-refractivity contribution in [1.82, 2.24) is 10.0 Å². The van der Waals surface area contributed by atoms with Gasteiger partial charge in [0, 0.05) is 25.6 Å². The first-order valence-corrected chi connectivity index (χ1v) is 17.8. The number of pyridine rings is 1. The van der Waals surface area contributed by atoms with Crippen LogP contribution in [0.1, 0.15) is 37.0 Å². The van der Waals surface area contributed by atoms with Gasteiger partial charge >= 0.3 is 18.6 Å². The Morgan fingerprint density at radius 3 is 2.39 bits per heavy atom. The van der Waals surface area contributed by atoms with Crippen LogP contribution in [0.25, 0.3) is 0 Å². The zero-order chi connectivity index (χ0) is 37.1. The molecule has 0 bridgehead atoms. The summed E-state index contributed by atoms with van der Waals surface area (Å²) in [5.41, 5.74) is 0.515. The van der Waals surface area contributed by atoms with Gasteiger partial charge in [-0.15, -0.1) is 0 Å². The van der Waals surface area contributed by atoms with E-state index in [0.29, 0.717) is 4.73 Å². The molecule has 0 spiro atoms. The molecule has 51 heavy (non-hydrogen) atoms. The molecule has 1 saturated carbocycles. The standard InChI is InChI=1S/C32H36Cl2F2N4O10S/c1-3-47-26-9-7-21(13-25(26)39-32(42)37-10-11-46-2)51(44,45)38-15-30(41)49-28(14-22-23(33)16-40(43)17-24(22)34)20-6-8-27(50-31(35)36)29(12-20)48-18-19-4-5-19/h6-9,12-13,16-17,19,28,31,38H,3-5,10-11,14-15,18H2,1-2H3,(H2,37,39,42)/t28-/m0/s1. The summed E-state index contributed by atoms with van der Waals surface area (Å²) in [5.74, 6) is -0.855. The first-order chi connectivity index (χ1) is 24.3. The summed E-state index contributed by atoms with van der Waals surface area (Å²) in [5, 5.41) is 16.8. The Morgan fingerprint density at radius 1 is 1.04 bits per heavy atom. The number of rotatable bonds is 19. The van der Waals surface area contributed by atoms with Crippen molar-refractivity contribution in [2.75, 3.05) is 45.3 Å². The van der Waals surface area contributed by atoms with Crippen LogP contribution in [-0.2, 0) is 30.7 Å². The van der Waals surface area contributed by atoms with Crippen molar-refractivity contribution in [3.8, 4) is 17.2 Å². The Labute approximate surface area is 302 Å². The van der Waals surface area contributed by atoms with Crippen LogP contribution in [0, 0.1) is 11.1 Å². The molecular weight excluding hydrogens is 741 g/mol. The maximum Gasteiger partial charge on any atom is 0.387 e. The van der Waals surface area contributed by atoms with E-state index >= 15 is 0 Å². The topological polar surface area (TPSA) is 177 Å². The molecule has 1 atom stereocenters. The van der Waals surface area contributed by atoms with Crippen LogP contribution >= 0.6 is 23.2 Å². The van der Waals surface area contributed by atoms with Crippen molar-refractivity contribution in [2.45, 2.75) is 43.8 Å². The minimum Gasteiger partial charge on any atom is -0.619 e. The summed E-state index contributed by atoms with van der Waals surface area (Å²) in [6.45, 7) is -1.36. The lowest BCUT2D eigenvalue weighted by Gasteiger charge is -2.21. The highest BCUT2D eigenvalue weighted by Crippen LogP contribution is 2.38. The van der Waals surface area contributed by atoms with Gasteiger partial charge in [-0.1, -0.05) is 29.3 Å². The summed E-state index contributed by atoms with van der Waals surface area (Å²) in [6.07, 6.45) is 2.51. The molecule has 1 aliphatic rings. The lowest BCUT2D eigenvalue weighted by atomic mass is 10.0. The summed E-state index contributed by atoms with van der Waals surface area (Å²) in [6, 6.07) is 7.05. The minimum atomic E-state index is -4.36. The van der Waals surface area contributed by atoms with Gasteiger partial charge in [0.05, 0.1) is 30.4 Å². The number of aromatic nitrogens is 1. The van der Waals surface area contributed by atoms with E-state index in [1.807, 2.05) is 0 Å². The van der Waals surface area contributed by atoms with Crippen LogP contribution in [0.15, 0.2) is 53.7 Å². The third-order valence-corrected chi connectivity index (χ3v) is 9.31. The number of nitrogens with one attached hydrogen (secondary N) is 3. The molecule has 2 amide bonds. The van der Waals surface area contributed by atoms with Gasteiger partial charge in [-0.05, 0) is 61.6 Å². The zero-order valence-corrected chi connectivity index (χ0v) is 29.8. The third kappa shape index (κ3) is 12.0. The number of esters is 1. The molecule has 1 fully saturated rings. The number of hydrogen-bond acceptors (Lipinski definition) is 10. The number of carbonyl (C=O) groups excluding carboxylic acids is 2. The number of carbonyl (C=O) groups is 2. The normalized spacial score (nSPS) is 13.4. The molecular formula is C32H36Cl2F2N4O10S. The fraction of sp³-hybridized carbons (Fsp3) is 0.406. The lowest BCUT2D eigenvalue weighted by Crippen LogP contribution is -2.32. The molecule has 0 aliphatic heterocycles. The maximum absolute atomic E-state index is 13.3. The Bertz CT molecular complexity index is 1780. The van der Waals surface area contributed by atoms with Crippen molar-refractivity contribution in [1.29, 1.82) is 0 Å². The van der Waals surface area contributed by atoms with Gasteiger partial charge in [0.1, 0.15) is 28.4 Å². The first kappa shape index (κ1) is 39.6. The molecule has 14 nitrogen and oxygen atoms in total. The Hall–Kier alpha value is -4.16. The Morgan fingerprint density at radius 2 is 1.75 bits per heavy atom. The van der Waals surface area contributed by atoms with Crippen LogP contribution in [-0.4, -0.2) is 67.0 Å². The van der Waals surface area contributed by atoms with Crippen molar-refractivity contribution < 1.29 is 55.2 Å². The molecule has 0 radical (unpaired) electrons. The first-order valence-electron chi connectivity index (χ1n) is 15.6. The van der Waals surface area contributed by atoms with E-state index in [4.69, 9.17) is 42.1 Å². The van der Waals surface area contributed by atoms with E-state index in [0.717, 1.165) is 31.3 Å². The number of ether oxygens (including phenoxy) is 5. The smallest absolute Gasteiger partial charge is 0.387 e. The summed E-state index contributed by atoms with van der Waals surface area (Å²) >= 11 is 12.6. The van der Waals surface area contributed by atoms with Gasteiger partial charge < -0.3 is 39.5 Å². The van der Waals surface area contributed by atoms with Gasteiger partial charge in [0.25, 0.3) is 0 Å². The number of sulfonamides is 1. The largest absolute Gasteiger partial charge is 0.619 e. The number of anilines is 1. The van der Waals surface area contributed by atoms with Crippen LogP contribution in [0.3, 0.4) is 0 Å². The van der Waals surface area contributed by atoms with Crippen LogP contribution < -0.4 is 34.3 Å². The van der Waals surface area contributed by atoms with Crippen LogP contribution in [0.2, 0.25) is 10.0 Å². The highest BCUT2D eigenvalue weighted by Gasteiger charge is 2.27. The van der Waals surface area contributed by atoms with E-state index in [9.17, 15) is 32.0 Å². The second-order valence-electron chi connectivity index (χ2n) is 11.1. The molecule has 3 aromatic rings. The summed E-state index contributed by atoms with van der Waals surface area (Å²) < 4.78 is 81.9. The van der Waals surface area contributed by atoms with Crippen molar-refractivity contribution in [2.24, 2.45) is 5.92 Å². The van der Waals surface area contributed by atoms with E-state index in [2.05, 4.69) is 20.1 Å². The number of methoxy groups -OCH3 is 1. The highest BCUT2D eigenvalue weighted by molar-refractivity contribution is 7.89. The second kappa shape index (κ2) is 18.4. The third-order valence-electron chi connectivity index (χ3n) is 7.26. The van der Waals surface area contributed by atoms with Crippen LogP contribution in [0.4, 0.5) is 19.3 Å². The van der Waals surface area contributed by atoms with Crippen molar-refractivity contribution in [3.05, 3.63) is 75.2 Å². The SMILES string of the molecule is CCOc1ccc(S(=O)(=O)NCC(=O)O[C@@H](Cc2c(Cl)c[n+]([O-])cc2Cl)c2ccc(OC(F)F)c(OCC3CC3)c2)cc1NC(=O)NCCOC. The Balaban J connectivity index is 1.56. The number of hydrogen-bond donors (Lipinski definition) is 3. The monoisotopic (exact) mass is 776 g/mol. The van der Waals surface area contributed by atoms with Crippen molar-refractivity contribution >= 4 is 50.9 Å². The second-order valence-corrected chi connectivity index (χ2v) is 13.7.